The van der Waals surface area contributed by atoms with E-state index in [1.54, 1.807) is 35.5 Å². The lowest BCUT2D eigenvalue weighted by Gasteiger charge is -2.37. The van der Waals surface area contributed by atoms with E-state index in [1.807, 2.05) is 39.2 Å². The summed E-state index contributed by atoms with van der Waals surface area (Å²) < 4.78 is 19.8. The van der Waals surface area contributed by atoms with Gasteiger partial charge in [0.1, 0.15) is 17.5 Å². The van der Waals surface area contributed by atoms with Crippen molar-refractivity contribution >= 4 is 5.91 Å². The van der Waals surface area contributed by atoms with Gasteiger partial charge in [0.25, 0.3) is 5.91 Å². The highest BCUT2D eigenvalue weighted by molar-refractivity contribution is 5.98. The molecule has 4 rings (SSSR count). The molecule has 7 nitrogen and oxygen atoms in total. The average Bonchev–Trinajstić information content (AvgIpc) is 2.86. The molecule has 8 heteroatoms. The van der Waals surface area contributed by atoms with Crippen molar-refractivity contribution in [3.8, 4) is 17.0 Å². The van der Waals surface area contributed by atoms with Gasteiger partial charge in [0.05, 0.1) is 12.6 Å². The van der Waals surface area contributed by atoms with Gasteiger partial charge in [-0.3, -0.25) is 14.7 Å². The summed E-state index contributed by atoms with van der Waals surface area (Å²) in [4.78, 5) is 26.1. The van der Waals surface area contributed by atoms with Crippen molar-refractivity contribution < 1.29 is 19.0 Å². The topological polar surface area (TPSA) is 78.8 Å². The maximum absolute atomic E-state index is 13.6. The molecule has 1 N–H and O–H groups in total. The van der Waals surface area contributed by atoms with E-state index in [2.05, 4.69) is 14.9 Å². The van der Waals surface area contributed by atoms with Crippen molar-refractivity contribution in [2.24, 2.45) is 5.92 Å². The van der Waals surface area contributed by atoms with E-state index in [9.17, 15) is 14.3 Å². The number of benzene rings is 1. The minimum absolute atomic E-state index is 0.00368. The van der Waals surface area contributed by atoms with Crippen LogP contribution >= 0.6 is 0 Å². The molecular formula is C27H31FN4O3. The summed E-state index contributed by atoms with van der Waals surface area (Å²) >= 11 is 0. The second kappa shape index (κ2) is 10.9. The maximum Gasteiger partial charge on any atom is 0.259 e. The number of carbonyl (C=O) groups excluding carboxylic acids is 1. The van der Waals surface area contributed by atoms with E-state index in [4.69, 9.17) is 4.74 Å². The van der Waals surface area contributed by atoms with Crippen LogP contribution in [0.15, 0.2) is 61.1 Å². The summed E-state index contributed by atoms with van der Waals surface area (Å²) in [6, 6.07) is 11.4. The molecule has 1 amide bonds. The predicted molar refractivity (Wildman–Crippen MR) is 131 cm³/mol. The number of aromatic nitrogens is 2. The molecule has 35 heavy (non-hydrogen) atoms. The number of rotatable bonds is 7. The molecule has 0 fully saturated rings. The summed E-state index contributed by atoms with van der Waals surface area (Å²) in [6.07, 6.45) is 5.00. The third-order valence-corrected chi connectivity index (χ3v) is 6.37. The number of hydrogen-bond donors (Lipinski definition) is 1. The smallest absolute Gasteiger partial charge is 0.259 e. The molecule has 0 bridgehead atoms. The van der Waals surface area contributed by atoms with Crippen molar-refractivity contribution in [2.75, 3.05) is 26.7 Å². The van der Waals surface area contributed by atoms with Crippen molar-refractivity contribution in [3.05, 3.63) is 78.0 Å². The van der Waals surface area contributed by atoms with Crippen LogP contribution in [0.3, 0.4) is 0 Å². The number of pyridine rings is 2. The number of amides is 1. The minimum Gasteiger partial charge on any atom is -0.472 e. The number of halogens is 1. The predicted octanol–water partition coefficient (Wildman–Crippen LogP) is 3.63. The van der Waals surface area contributed by atoms with Gasteiger partial charge < -0.3 is 14.7 Å². The van der Waals surface area contributed by atoms with Crippen molar-refractivity contribution in [2.45, 2.75) is 32.5 Å². The molecule has 2 aromatic heterocycles. The Morgan fingerprint density at radius 3 is 2.69 bits per heavy atom. The quantitative estimate of drug-likeness (QED) is 0.559. The van der Waals surface area contributed by atoms with Crippen molar-refractivity contribution in [1.82, 2.24) is 19.8 Å². The van der Waals surface area contributed by atoms with E-state index in [0.29, 0.717) is 30.8 Å². The van der Waals surface area contributed by atoms with Crippen LogP contribution in [0.2, 0.25) is 0 Å². The molecule has 0 saturated carbocycles. The monoisotopic (exact) mass is 478 g/mol. The zero-order chi connectivity index (χ0) is 24.9. The highest BCUT2D eigenvalue weighted by Gasteiger charge is 2.34. The molecular weight excluding hydrogens is 447 g/mol. The Morgan fingerprint density at radius 1 is 1.23 bits per heavy atom. The fourth-order valence-corrected chi connectivity index (χ4v) is 4.30. The second-order valence-electron chi connectivity index (χ2n) is 9.26. The van der Waals surface area contributed by atoms with E-state index in [-0.39, 0.29) is 42.3 Å². The molecule has 0 unspecified atom stereocenters. The fraction of sp³-hybridized carbons (Fsp3) is 0.370. The van der Waals surface area contributed by atoms with Crippen LogP contribution < -0.4 is 4.74 Å². The lowest BCUT2D eigenvalue weighted by molar-refractivity contribution is 0.0325. The van der Waals surface area contributed by atoms with Crippen LogP contribution in [0.5, 0.6) is 5.88 Å². The van der Waals surface area contributed by atoms with Gasteiger partial charge in [-0.05, 0) is 49.4 Å². The third-order valence-electron chi connectivity index (χ3n) is 6.37. The first-order valence-corrected chi connectivity index (χ1v) is 11.8. The van der Waals surface area contributed by atoms with Crippen LogP contribution in [0.4, 0.5) is 4.39 Å². The van der Waals surface area contributed by atoms with Crippen LogP contribution in [-0.2, 0) is 6.54 Å². The lowest BCUT2D eigenvalue weighted by Crippen LogP contribution is -2.49. The normalized spacial score (nSPS) is 19.0. The SMILES string of the molecule is C[C@H]1CN([C@@H](C)CO)C(=O)c2cc(-c3ccc(F)cc3)cnc2O[C@@H]1CN(C)Cc1cccnc1. The molecule has 3 heterocycles. The minimum atomic E-state index is -0.362. The summed E-state index contributed by atoms with van der Waals surface area (Å²) in [5.74, 6) is -0.312. The number of ether oxygens (including phenoxy) is 1. The Bertz CT molecular complexity index is 1140. The standard InChI is InChI=1S/C27H31FN4O3/c1-18-14-32(19(2)17-33)27(34)24-11-22(21-6-8-23(28)9-7-21)13-30-26(24)35-25(18)16-31(3)15-20-5-4-10-29-12-20/h4-13,18-19,25,33H,14-17H2,1-3H3/t18-,19-,25+/m0/s1. The van der Waals surface area contributed by atoms with Gasteiger partial charge in [-0.1, -0.05) is 25.1 Å². The van der Waals surface area contributed by atoms with Crippen molar-refractivity contribution in [3.63, 3.8) is 0 Å². The number of fused-ring (bicyclic) bond motifs is 1. The van der Waals surface area contributed by atoms with Gasteiger partial charge in [-0.25, -0.2) is 9.37 Å². The number of nitrogens with zero attached hydrogens (tertiary/aromatic N) is 4. The summed E-state index contributed by atoms with van der Waals surface area (Å²) in [6.45, 7) is 5.49. The van der Waals surface area contributed by atoms with Gasteiger partial charge in [-0.15, -0.1) is 0 Å². The number of likely N-dealkylation sites (N-methyl/N-ethyl adjacent to an activating group) is 1. The average molecular weight is 479 g/mol. The van der Waals surface area contributed by atoms with E-state index >= 15 is 0 Å². The Labute approximate surface area is 205 Å². The molecule has 3 atom stereocenters. The zero-order valence-corrected chi connectivity index (χ0v) is 20.3. The first kappa shape index (κ1) is 24.8. The third kappa shape index (κ3) is 5.83. The Morgan fingerprint density at radius 2 is 2.00 bits per heavy atom. The molecule has 1 aliphatic heterocycles. The highest BCUT2D eigenvalue weighted by Crippen LogP contribution is 2.30. The summed E-state index contributed by atoms with van der Waals surface area (Å²) in [5.41, 5.74) is 2.87. The summed E-state index contributed by atoms with van der Waals surface area (Å²) in [5, 5.41) is 9.84. The summed E-state index contributed by atoms with van der Waals surface area (Å²) in [7, 11) is 2.02. The van der Waals surface area contributed by atoms with Gasteiger partial charge in [0, 0.05) is 49.7 Å². The van der Waals surface area contributed by atoms with Gasteiger partial charge in [0.2, 0.25) is 5.88 Å². The number of aliphatic hydroxyl groups is 1. The number of hydrogen-bond acceptors (Lipinski definition) is 6. The van der Waals surface area contributed by atoms with E-state index in [0.717, 1.165) is 11.1 Å². The molecule has 0 spiro atoms. The van der Waals surface area contributed by atoms with E-state index in [1.165, 1.54) is 12.1 Å². The molecule has 0 radical (unpaired) electrons. The van der Waals surface area contributed by atoms with Crippen molar-refractivity contribution in [1.29, 1.82) is 0 Å². The Balaban J connectivity index is 1.65. The largest absolute Gasteiger partial charge is 0.472 e. The van der Waals surface area contributed by atoms with E-state index < -0.39 is 0 Å². The second-order valence-corrected chi connectivity index (χ2v) is 9.26. The zero-order valence-electron chi connectivity index (χ0n) is 20.3. The van der Waals surface area contributed by atoms with Gasteiger partial charge in [-0.2, -0.15) is 0 Å². The molecule has 1 aliphatic rings. The highest BCUT2D eigenvalue weighted by atomic mass is 19.1. The molecule has 0 aliphatic carbocycles. The molecule has 1 aromatic carbocycles. The van der Waals surface area contributed by atoms with Gasteiger partial charge >= 0.3 is 0 Å². The first-order chi connectivity index (χ1) is 16.9. The maximum atomic E-state index is 13.6. The lowest BCUT2D eigenvalue weighted by atomic mass is 9.99. The Kier molecular flexibility index (Phi) is 7.73. The van der Waals surface area contributed by atoms with Gasteiger partial charge in [0.15, 0.2) is 0 Å². The fourth-order valence-electron chi connectivity index (χ4n) is 4.30. The molecule has 184 valence electrons. The van der Waals surface area contributed by atoms with Crippen LogP contribution in [0, 0.1) is 11.7 Å². The van der Waals surface area contributed by atoms with Crippen LogP contribution in [-0.4, -0.2) is 69.7 Å². The molecule has 3 aromatic rings. The molecule has 0 saturated heterocycles. The van der Waals surface area contributed by atoms with Crippen LogP contribution in [0.1, 0.15) is 29.8 Å². The van der Waals surface area contributed by atoms with Crippen LogP contribution in [0.25, 0.3) is 11.1 Å². The number of carbonyl (C=O) groups is 1. The Hall–Kier alpha value is -3.36. The first-order valence-electron chi connectivity index (χ1n) is 11.8. The number of aliphatic hydroxyl groups excluding tert-OH is 1.